The van der Waals surface area contributed by atoms with E-state index in [-0.39, 0.29) is 24.2 Å². The molecule has 2 aromatic carbocycles. The first-order chi connectivity index (χ1) is 16.1. The molecule has 33 heavy (non-hydrogen) atoms. The van der Waals surface area contributed by atoms with Crippen LogP contribution in [0.1, 0.15) is 42.6 Å². The molecule has 5 nitrogen and oxygen atoms in total. The molecule has 0 radical (unpaired) electrons. The van der Waals surface area contributed by atoms with E-state index in [0.717, 1.165) is 17.7 Å². The van der Waals surface area contributed by atoms with Crippen molar-refractivity contribution in [1.82, 2.24) is 14.4 Å². The van der Waals surface area contributed by atoms with Gasteiger partial charge in [0, 0.05) is 43.5 Å². The quantitative estimate of drug-likeness (QED) is 0.513. The normalized spacial score (nSPS) is 15.2. The lowest BCUT2D eigenvalue weighted by Gasteiger charge is -2.38. The maximum absolute atomic E-state index is 14.8. The Balaban J connectivity index is 1.52. The first-order valence-corrected chi connectivity index (χ1v) is 11.6. The van der Waals surface area contributed by atoms with Crippen molar-refractivity contribution >= 4 is 11.8 Å². The van der Waals surface area contributed by atoms with Crippen LogP contribution in [0.5, 0.6) is 0 Å². The molecule has 1 atom stereocenters. The predicted octanol–water partition coefficient (Wildman–Crippen LogP) is 4.43. The molecule has 2 amide bonds. The van der Waals surface area contributed by atoms with E-state index in [0.29, 0.717) is 38.0 Å². The van der Waals surface area contributed by atoms with Gasteiger partial charge in [0.05, 0.1) is 6.54 Å². The Morgan fingerprint density at radius 2 is 1.76 bits per heavy atom. The Morgan fingerprint density at radius 3 is 2.52 bits per heavy atom. The highest BCUT2D eigenvalue weighted by Crippen LogP contribution is 2.34. The fourth-order valence-electron chi connectivity index (χ4n) is 4.55. The second-order valence-corrected chi connectivity index (χ2v) is 8.44. The van der Waals surface area contributed by atoms with Gasteiger partial charge >= 0.3 is 0 Å². The maximum Gasteiger partial charge on any atom is 0.243 e. The number of hydrogen-bond acceptors (Lipinski definition) is 2. The summed E-state index contributed by atoms with van der Waals surface area (Å²) in [6.07, 6.45) is 3.73. The second-order valence-electron chi connectivity index (χ2n) is 8.44. The average Bonchev–Trinajstić information content (AvgIpc) is 3.32. The van der Waals surface area contributed by atoms with E-state index >= 15 is 0 Å². The van der Waals surface area contributed by atoms with Gasteiger partial charge in [0.25, 0.3) is 0 Å². The van der Waals surface area contributed by atoms with Crippen LogP contribution in [-0.4, -0.2) is 45.8 Å². The van der Waals surface area contributed by atoms with Crippen LogP contribution in [0.3, 0.4) is 0 Å². The summed E-state index contributed by atoms with van der Waals surface area (Å²) >= 11 is 0. The van der Waals surface area contributed by atoms with Crippen molar-refractivity contribution in [3.63, 3.8) is 0 Å². The second kappa shape index (κ2) is 10.5. The van der Waals surface area contributed by atoms with Crippen LogP contribution in [0.4, 0.5) is 4.39 Å². The minimum atomic E-state index is -0.509. The zero-order chi connectivity index (χ0) is 23.2. The van der Waals surface area contributed by atoms with Crippen molar-refractivity contribution in [2.24, 2.45) is 0 Å². The molecule has 0 aliphatic carbocycles. The molecule has 1 unspecified atom stereocenters. The van der Waals surface area contributed by atoms with Crippen molar-refractivity contribution < 1.29 is 14.0 Å². The topological polar surface area (TPSA) is 45.6 Å². The zero-order valence-electron chi connectivity index (χ0n) is 19.0. The number of carbonyl (C=O) groups is 2. The molecule has 6 heteroatoms. The summed E-state index contributed by atoms with van der Waals surface area (Å²) in [7, 11) is 0. The van der Waals surface area contributed by atoms with E-state index in [9.17, 15) is 14.0 Å². The number of halogens is 1. The minimum absolute atomic E-state index is 0.00707. The lowest BCUT2D eigenvalue weighted by atomic mass is 9.99. The molecule has 172 valence electrons. The number of aryl methyl sites for hydroxylation is 1. The molecule has 2 heterocycles. The molecular weight excluding hydrogens is 417 g/mol. The Labute approximate surface area is 194 Å². The van der Waals surface area contributed by atoms with E-state index in [1.165, 1.54) is 6.07 Å². The van der Waals surface area contributed by atoms with Gasteiger partial charge in [0.1, 0.15) is 11.9 Å². The average molecular weight is 448 g/mol. The fraction of sp³-hybridized carbons (Fsp3) is 0.333. The Hall–Kier alpha value is -3.41. The van der Waals surface area contributed by atoms with Crippen molar-refractivity contribution in [2.45, 2.75) is 38.8 Å². The number of aromatic nitrogens is 1. The van der Waals surface area contributed by atoms with Gasteiger partial charge in [-0.1, -0.05) is 55.5 Å². The molecule has 0 saturated heterocycles. The number of fused-ring (bicyclic) bond motifs is 1. The summed E-state index contributed by atoms with van der Waals surface area (Å²) in [4.78, 5) is 29.8. The van der Waals surface area contributed by atoms with Crippen LogP contribution in [0.15, 0.2) is 72.9 Å². The molecule has 1 aromatic heterocycles. The van der Waals surface area contributed by atoms with Gasteiger partial charge in [-0.05, 0) is 36.6 Å². The summed E-state index contributed by atoms with van der Waals surface area (Å²) in [5, 5.41) is 0. The van der Waals surface area contributed by atoms with Gasteiger partial charge in [-0.25, -0.2) is 4.39 Å². The smallest absolute Gasteiger partial charge is 0.243 e. The molecule has 0 spiro atoms. The monoisotopic (exact) mass is 447 g/mol. The van der Waals surface area contributed by atoms with E-state index in [1.54, 1.807) is 28.0 Å². The highest BCUT2D eigenvalue weighted by atomic mass is 19.1. The van der Waals surface area contributed by atoms with E-state index in [2.05, 4.69) is 4.57 Å². The van der Waals surface area contributed by atoms with Gasteiger partial charge in [-0.3, -0.25) is 9.59 Å². The van der Waals surface area contributed by atoms with Crippen molar-refractivity contribution in [2.75, 3.05) is 19.6 Å². The highest BCUT2D eigenvalue weighted by molar-refractivity contribution is 5.85. The fourth-order valence-corrected chi connectivity index (χ4v) is 4.55. The number of carbonyl (C=O) groups excluding carboxylic acids is 2. The molecular formula is C27H30FN3O2. The van der Waals surface area contributed by atoms with Crippen molar-refractivity contribution in [3.05, 3.63) is 95.6 Å². The van der Waals surface area contributed by atoms with Crippen LogP contribution in [0, 0.1) is 5.82 Å². The first-order valence-electron chi connectivity index (χ1n) is 11.6. The number of nitrogens with zero attached hydrogens (tertiary/aromatic N) is 3. The molecule has 0 N–H and O–H groups in total. The van der Waals surface area contributed by atoms with Gasteiger partial charge in [0.15, 0.2) is 0 Å². The SMILES string of the molecule is CCCN(CC(=O)N1CCn2cccc2C1c1ccccc1F)C(=O)CCc1ccccc1. The number of rotatable bonds is 8. The van der Waals surface area contributed by atoms with E-state index in [1.807, 2.05) is 55.6 Å². The van der Waals surface area contributed by atoms with Crippen LogP contribution >= 0.6 is 0 Å². The zero-order valence-corrected chi connectivity index (χ0v) is 19.0. The summed E-state index contributed by atoms with van der Waals surface area (Å²) in [5.74, 6) is -0.520. The largest absolute Gasteiger partial charge is 0.348 e. The van der Waals surface area contributed by atoms with E-state index < -0.39 is 6.04 Å². The number of hydrogen-bond donors (Lipinski definition) is 0. The maximum atomic E-state index is 14.8. The number of amides is 2. The highest BCUT2D eigenvalue weighted by Gasteiger charge is 2.34. The molecule has 0 saturated carbocycles. The van der Waals surface area contributed by atoms with Crippen LogP contribution in [0.2, 0.25) is 0 Å². The van der Waals surface area contributed by atoms with Crippen LogP contribution in [-0.2, 0) is 22.6 Å². The van der Waals surface area contributed by atoms with Crippen molar-refractivity contribution in [1.29, 1.82) is 0 Å². The predicted molar refractivity (Wildman–Crippen MR) is 126 cm³/mol. The lowest BCUT2D eigenvalue weighted by Crippen LogP contribution is -2.48. The summed E-state index contributed by atoms with van der Waals surface area (Å²) < 4.78 is 16.8. The third-order valence-corrected chi connectivity index (χ3v) is 6.20. The molecule has 4 rings (SSSR count). The minimum Gasteiger partial charge on any atom is -0.348 e. The van der Waals surface area contributed by atoms with Gasteiger partial charge < -0.3 is 14.4 Å². The number of benzene rings is 2. The Morgan fingerprint density at radius 1 is 1.00 bits per heavy atom. The van der Waals surface area contributed by atoms with Gasteiger partial charge in [-0.15, -0.1) is 0 Å². The third-order valence-electron chi connectivity index (χ3n) is 6.20. The van der Waals surface area contributed by atoms with Gasteiger partial charge in [-0.2, -0.15) is 0 Å². The molecule has 0 fully saturated rings. The molecule has 1 aliphatic heterocycles. The molecule has 0 bridgehead atoms. The first kappa shape index (κ1) is 22.8. The Kier molecular flexibility index (Phi) is 7.23. The molecule has 3 aromatic rings. The van der Waals surface area contributed by atoms with Gasteiger partial charge in [0.2, 0.25) is 11.8 Å². The van der Waals surface area contributed by atoms with Crippen LogP contribution in [0.25, 0.3) is 0 Å². The van der Waals surface area contributed by atoms with Crippen molar-refractivity contribution in [3.8, 4) is 0 Å². The summed E-state index contributed by atoms with van der Waals surface area (Å²) in [6.45, 7) is 3.64. The molecule has 1 aliphatic rings. The lowest BCUT2D eigenvalue weighted by molar-refractivity contribution is -0.142. The Bertz CT molecular complexity index is 1100. The van der Waals surface area contributed by atoms with Crippen LogP contribution < -0.4 is 0 Å². The standard InChI is InChI=1S/C27H30FN3O2/c1-2-16-30(25(32)15-14-21-9-4-3-5-10-21)20-26(33)31-19-18-29-17-8-13-24(29)27(31)22-11-6-7-12-23(22)28/h3-13,17,27H,2,14-16,18-20H2,1H3. The summed E-state index contributed by atoms with van der Waals surface area (Å²) in [6, 6.07) is 19.8. The van der Waals surface area contributed by atoms with E-state index in [4.69, 9.17) is 0 Å². The third kappa shape index (κ3) is 5.16. The summed E-state index contributed by atoms with van der Waals surface area (Å²) in [5.41, 5.74) is 2.46.